The number of piperazine rings is 1. The van der Waals surface area contributed by atoms with Crippen LogP contribution >= 0.6 is 0 Å². The summed E-state index contributed by atoms with van der Waals surface area (Å²) in [6.07, 6.45) is 1.73. The number of carbonyl (C=O) groups is 1. The van der Waals surface area contributed by atoms with E-state index in [4.69, 9.17) is 0 Å². The fourth-order valence-corrected chi connectivity index (χ4v) is 3.30. The molecule has 1 aliphatic rings. The van der Waals surface area contributed by atoms with Crippen LogP contribution in [0.2, 0.25) is 0 Å². The third-order valence-electron chi connectivity index (χ3n) is 5.00. The topological polar surface area (TPSA) is 48.5 Å². The van der Waals surface area contributed by atoms with Gasteiger partial charge in [-0.1, -0.05) is 32.0 Å². The summed E-state index contributed by atoms with van der Waals surface area (Å²) < 4.78 is 0. The van der Waals surface area contributed by atoms with Gasteiger partial charge in [0.05, 0.1) is 0 Å². The van der Waals surface area contributed by atoms with Crippen molar-refractivity contribution in [1.82, 2.24) is 9.88 Å². The standard InChI is InChI=1S/C21H28N4O/c1-15(2)18-7-5-6-16(3)20(18)23-21(26)17-8-9-22-19(14-17)25-12-10-24(4)11-13-25/h5-9,14-15H,10-13H2,1-4H3,(H,23,26). The van der Waals surface area contributed by atoms with Gasteiger partial charge >= 0.3 is 0 Å². The Bertz CT molecular complexity index is 779. The van der Waals surface area contributed by atoms with Crippen LogP contribution in [0.3, 0.4) is 0 Å². The van der Waals surface area contributed by atoms with Crippen LogP contribution in [0.4, 0.5) is 11.5 Å². The number of anilines is 2. The van der Waals surface area contributed by atoms with Crippen LogP contribution in [0.25, 0.3) is 0 Å². The summed E-state index contributed by atoms with van der Waals surface area (Å²) in [5.41, 5.74) is 3.81. The molecule has 5 heteroatoms. The number of hydrogen-bond donors (Lipinski definition) is 1. The number of amides is 1. The van der Waals surface area contributed by atoms with Gasteiger partial charge in [0.15, 0.2) is 0 Å². The molecule has 1 saturated heterocycles. The smallest absolute Gasteiger partial charge is 0.255 e. The van der Waals surface area contributed by atoms with Crippen LogP contribution in [0.5, 0.6) is 0 Å². The Hall–Kier alpha value is -2.40. The summed E-state index contributed by atoms with van der Waals surface area (Å²) >= 11 is 0. The summed E-state index contributed by atoms with van der Waals surface area (Å²) in [6, 6.07) is 9.83. The molecule has 0 bridgehead atoms. The van der Waals surface area contributed by atoms with Crippen molar-refractivity contribution in [3.63, 3.8) is 0 Å². The molecule has 1 amide bonds. The molecule has 3 rings (SSSR count). The molecule has 0 unspecified atom stereocenters. The quantitative estimate of drug-likeness (QED) is 0.915. The number of pyridine rings is 1. The van der Waals surface area contributed by atoms with Gasteiger partial charge < -0.3 is 15.1 Å². The van der Waals surface area contributed by atoms with Gasteiger partial charge in [0.25, 0.3) is 5.91 Å². The molecule has 0 spiro atoms. The number of hydrogen-bond acceptors (Lipinski definition) is 4. The predicted molar refractivity (Wildman–Crippen MR) is 107 cm³/mol. The summed E-state index contributed by atoms with van der Waals surface area (Å²) in [6.45, 7) is 10.2. The molecule has 1 aromatic carbocycles. The van der Waals surface area contributed by atoms with Crippen molar-refractivity contribution in [3.8, 4) is 0 Å². The zero-order chi connectivity index (χ0) is 18.7. The molecule has 2 heterocycles. The van der Waals surface area contributed by atoms with Gasteiger partial charge in [0, 0.05) is 43.6 Å². The molecule has 0 radical (unpaired) electrons. The number of benzene rings is 1. The van der Waals surface area contributed by atoms with E-state index >= 15 is 0 Å². The zero-order valence-electron chi connectivity index (χ0n) is 16.1. The molecule has 26 heavy (non-hydrogen) atoms. The summed E-state index contributed by atoms with van der Waals surface area (Å²) in [4.78, 5) is 21.9. The van der Waals surface area contributed by atoms with Crippen molar-refractivity contribution >= 4 is 17.4 Å². The number of carbonyl (C=O) groups excluding carboxylic acids is 1. The maximum atomic E-state index is 12.9. The second-order valence-corrected chi connectivity index (χ2v) is 7.34. The Morgan fingerprint density at radius 3 is 2.58 bits per heavy atom. The molecule has 0 saturated carbocycles. The molecule has 1 N–H and O–H groups in total. The third-order valence-corrected chi connectivity index (χ3v) is 5.00. The predicted octanol–water partition coefficient (Wildman–Crippen LogP) is 3.52. The van der Waals surface area contributed by atoms with Crippen molar-refractivity contribution in [1.29, 1.82) is 0 Å². The van der Waals surface area contributed by atoms with E-state index in [1.54, 1.807) is 12.3 Å². The highest BCUT2D eigenvalue weighted by Gasteiger charge is 2.18. The minimum absolute atomic E-state index is 0.0843. The second kappa shape index (κ2) is 7.87. The second-order valence-electron chi connectivity index (χ2n) is 7.34. The lowest BCUT2D eigenvalue weighted by molar-refractivity contribution is 0.102. The van der Waals surface area contributed by atoms with E-state index in [2.05, 4.69) is 47.1 Å². The lowest BCUT2D eigenvalue weighted by Gasteiger charge is -2.33. The molecule has 0 aliphatic carbocycles. The number of nitrogens with one attached hydrogen (secondary N) is 1. The van der Waals surface area contributed by atoms with E-state index in [9.17, 15) is 4.79 Å². The van der Waals surface area contributed by atoms with Gasteiger partial charge in [-0.25, -0.2) is 4.98 Å². The van der Waals surface area contributed by atoms with Gasteiger partial charge in [0.2, 0.25) is 0 Å². The van der Waals surface area contributed by atoms with Crippen molar-refractivity contribution in [2.75, 3.05) is 43.4 Å². The maximum absolute atomic E-state index is 12.9. The van der Waals surface area contributed by atoms with E-state index in [1.165, 1.54) is 0 Å². The van der Waals surface area contributed by atoms with Crippen LogP contribution < -0.4 is 10.2 Å². The Labute approximate surface area is 156 Å². The van der Waals surface area contributed by atoms with Crippen LogP contribution in [-0.2, 0) is 0 Å². The Morgan fingerprint density at radius 1 is 1.15 bits per heavy atom. The largest absolute Gasteiger partial charge is 0.354 e. The maximum Gasteiger partial charge on any atom is 0.255 e. The molecule has 1 fully saturated rings. The van der Waals surface area contributed by atoms with E-state index in [0.29, 0.717) is 11.5 Å². The van der Waals surface area contributed by atoms with Gasteiger partial charge in [-0.3, -0.25) is 4.79 Å². The van der Waals surface area contributed by atoms with Crippen molar-refractivity contribution in [2.24, 2.45) is 0 Å². The zero-order valence-corrected chi connectivity index (χ0v) is 16.1. The lowest BCUT2D eigenvalue weighted by atomic mass is 9.98. The molecular formula is C21H28N4O. The molecule has 2 aromatic rings. The Kier molecular flexibility index (Phi) is 5.57. The highest BCUT2D eigenvalue weighted by Crippen LogP contribution is 2.28. The number of nitrogens with zero attached hydrogens (tertiary/aromatic N) is 3. The van der Waals surface area contributed by atoms with Crippen molar-refractivity contribution in [3.05, 3.63) is 53.2 Å². The fourth-order valence-electron chi connectivity index (χ4n) is 3.30. The van der Waals surface area contributed by atoms with Gasteiger partial charge in [-0.05, 0) is 43.1 Å². The van der Waals surface area contributed by atoms with Crippen molar-refractivity contribution < 1.29 is 4.79 Å². The number of likely N-dealkylation sites (N-methyl/N-ethyl adjacent to an activating group) is 1. The summed E-state index contributed by atoms with van der Waals surface area (Å²) in [7, 11) is 2.13. The van der Waals surface area contributed by atoms with Gasteiger partial charge in [-0.2, -0.15) is 0 Å². The first-order valence-electron chi connectivity index (χ1n) is 9.26. The van der Waals surface area contributed by atoms with Crippen LogP contribution in [0.15, 0.2) is 36.5 Å². The highest BCUT2D eigenvalue weighted by molar-refractivity contribution is 6.05. The average molecular weight is 352 g/mol. The lowest BCUT2D eigenvalue weighted by Crippen LogP contribution is -2.44. The van der Waals surface area contributed by atoms with Crippen LogP contribution in [-0.4, -0.2) is 49.0 Å². The minimum atomic E-state index is -0.0843. The molecular weight excluding hydrogens is 324 g/mol. The molecule has 1 aromatic heterocycles. The van der Waals surface area contributed by atoms with E-state index < -0.39 is 0 Å². The Morgan fingerprint density at radius 2 is 1.88 bits per heavy atom. The fraction of sp³-hybridized carbons (Fsp3) is 0.429. The summed E-state index contributed by atoms with van der Waals surface area (Å²) in [5, 5.41) is 3.12. The SMILES string of the molecule is Cc1cccc(C(C)C)c1NC(=O)c1ccnc(N2CCN(C)CC2)c1. The van der Waals surface area contributed by atoms with E-state index in [0.717, 1.165) is 48.8 Å². The molecule has 138 valence electrons. The van der Waals surface area contributed by atoms with Crippen LogP contribution in [0, 0.1) is 6.92 Å². The summed E-state index contributed by atoms with van der Waals surface area (Å²) in [5.74, 6) is 1.14. The van der Waals surface area contributed by atoms with Gasteiger partial charge in [-0.15, -0.1) is 0 Å². The van der Waals surface area contributed by atoms with E-state index in [1.807, 2.05) is 25.1 Å². The van der Waals surface area contributed by atoms with Crippen molar-refractivity contribution in [2.45, 2.75) is 26.7 Å². The van der Waals surface area contributed by atoms with E-state index in [-0.39, 0.29) is 5.91 Å². The average Bonchev–Trinajstić information content (AvgIpc) is 2.64. The third kappa shape index (κ3) is 4.05. The first-order valence-corrected chi connectivity index (χ1v) is 9.26. The highest BCUT2D eigenvalue weighted by atomic mass is 16.1. The number of aromatic nitrogens is 1. The molecule has 1 aliphatic heterocycles. The monoisotopic (exact) mass is 352 g/mol. The van der Waals surface area contributed by atoms with Gasteiger partial charge in [0.1, 0.15) is 5.82 Å². The number of rotatable bonds is 4. The Balaban J connectivity index is 1.80. The van der Waals surface area contributed by atoms with Crippen LogP contribution in [0.1, 0.15) is 41.3 Å². The first-order chi connectivity index (χ1) is 12.5. The normalized spacial score (nSPS) is 15.3. The first kappa shape index (κ1) is 18.4. The minimum Gasteiger partial charge on any atom is -0.354 e. The molecule has 0 atom stereocenters. The number of aryl methyl sites for hydroxylation is 1. The number of para-hydroxylation sites is 1. The molecule has 5 nitrogen and oxygen atoms in total.